The molecule has 44 heavy (non-hydrogen) atoms. The Morgan fingerprint density at radius 2 is 1.68 bits per heavy atom. The number of amides is 2. The van der Waals surface area contributed by atoms with E-state index in [2.05, 4.69) is 24.2 Å². The number of ether oxygens (including phenoxy) is 2. The molecule has 1 aliphatic heterocycles. The predicted octanol–water partition coefficient (Wildman–Crippen LogP) is 6.51. The molecule has 2 N–H and O–H groups in total. The highest BCUT2D eigenvalue weighted by atomic mass is 16.5. The molecule has 0 bridgehead atoms. The van der Waals surface area contributed by atoms with Crippen molar-refractivity contribution in [1.29, 1.82) is 0 Å². The number of nitrogens with one attached hydrogen (secondary N) is 1. The summed E-state index contributed by atoms with van der Waals surface area (Å²) in [4.78, 5) is 31.6. The lowest BCUT2D eigenvalue weighted by atomic mass is 9.88. The molecule has 0 aromatic heterocycles. The van der Waals surface area contributed by atoms with Crippen LogP contribution in [0, 0.1) is 17.8 Å². The lowest BCUT2D eigenvalue weighted by Crippen LogP contribution is -2.47. The van der Waals surface area contributed by atoms with E-state index in [-0.39, 0.29) is 48.5 Å². The van der Waals surface area contributed by atoms with Gasteiger partial charge in [-0.05, 0) is 90.0 Å². The van der Waals surface area contributed by atoms with E-state index in [0.29, 0.717) is 30.2 Å². The van der Waals surface area contributed by atoms with Crippen molar-refractivity contribution >= 4 is 17.5 Å². The van der Waals surface area contributed by atoms with E-state index >= 15 is 0 Å². The molecule has 2 aliphatic carbocycles. The number of benzene rings is 1. The maximum atomic E-state index is 14.4. The molecule has 0 saturated heterocycles. The second kappa shape index (κ2) is 17.5. The number of carbonyl (C=O) groups excluding carboxylic acids is 2. The molecule has 4 atom stereocenters. The first-order valence-corrected chi connectivity index (χ1v) is 17.6. The molecule has 4 rings (SSSR count). The number of rotatable bonds is 8. The summed E-state index contributed by atoms with van der Waals surface area (Å²) in [6.45, 7) is 8.99. The van der Waals surface area contributed by atoms with Gasteiger partial charge >= 0.3 is 0 Å². The highest BCUT2D eigenvalue weighted by Gasteiger charge is 2.31. The fourth-order valence-electron chi connectivity index (χ4n) is 7.26. The number of hydrogen-bond donors (Lipinski definition) is 2. The molecule has 1 heterocycles. The Hall–Kier alpha value is -2.16. The smallest absolute Gasteiger partial charge is 0.258 e. The molecule has 3 aliphatic rings. The third-order valence-corrected chi connectivity index (χ3v) is 10.1. The number of anilines is 1. The minimum absolute atomic E-state index is 0.0179. The Balaban J connectivity index is 1.56. The molecule has 8 nitrogen and oxygen atoms in total. The first kappa shape index (κ1) is 34.7. The second-order valence-corrected chi connectivity index (χ2v) is 14.1. The van der Waals surface area contributed by atoms with Gasteiger partial charge in [0.2, 0.25) is 5.91 Å². The van der Waals surface area contributed by atoms with Gasteiger partial charge in [0.15, 0.2) is 0 Å². The van der Waals surface area contributed by atoms with Crippen LogP contribution in [0.3, 0.4) is 0 Å². The summed E-state index contributed by atoms with van der Waals surface area (Å²) < 4.78 is 12.9. The zero-order valence-corrected chi connectivity index (χ0v) is 27.9. The molecule has 8 heteroatoms. The Morgan fingerprint density at radius 3 is 2.39 bits per heavy atom. The van der Waals surface area contributed by atoms with Crippen molar-refractivity contribution in [2.24, 2.45) is 17.8 Å². The van der Waals surface area contributed by atoms with E-state index in [1.165, 1.54) is 38.5 Å². The van der Waals surface area contributed by atoms with Crippen molar-refractivity contribution in [3.63, 3.8) is 0 Å². The summed E-state index contributed by atoms with van der Waals surface area (Å²) in [5, 5.41) is 13.3. The summed E-state index contributed by atoms with van der Waals surface area (Å²) in [5.41, 5.74) is 1.04. The zero-order valence-electron chi connectivity index (χ0n) is 27.9. The Bertz CT molecular complexity index is 1040. The maximum absolute atomic E-state index is 14.4. The lowest BCUT2D eigenvalue weighted by molar-refractivity contribution is -0.120. The summed E-state index contributed by atoms with van der Waals surface area (Å²) in [6, 6.07) is 5.05. The normalized spacial score (nSPS) is 26.0. The first-order chi connectivity index (χ1) is 21.2. The molecule has 2 amide bonds. The number of aliphatic hydroxyl groups is 1. The third-order valence-electron chi connectivity index (χ3n) is 10.1. The van der Waals surface area contributed by atoms with E-state index in [1.807, 2.05) is 26.0 Å². The average molecular weight is 614 g/mol. The van der Waals surface area contributed by atoms with Gasteiger partial charge in [0.05, 0.1) is 30.4 Å². The molecule has 0 radical (unpaired) electrons. The number of aliphatic hydroxyl groups excluding tert-OH is 1. The van der Waals surface area contributed by atoms with Crippen LogP contribution in [0.5, 0.6) is 5.75 Å². The standard InChI is InChI=1S/C36H59N3O5/c1-26-22-39(27(2)25-40)36(42)32-21-31(37-35(41)30-16-9-6-10-17-30)18-19-33(32)44-28(3)13-11-12-20-43-34(26)24-38(4)23-29-14-7-5-8-15-29/h18-19,21,26-30,34,40H,5-17,20,22-25H2,1-4H3,(H,37,41)/t26-,27+,28+,34-/m1/s1. The Labute approximate surface area is 266 Å². The van der Waals surface area contributed by atoms with Gasteiger partial charge < -0.3 is 29.7 Å². The SMILES string of the molecule is C[C@@H]1CN([C@@H](C)CO)C(=O)c2cc(NC(=O)C3CCCCC3)ccc2O[C@@H](C)CCCCO[C@@H]1CN(C)CC1CCCCC1. The molecule has 2 saturated carbocycles. The maximum Gasteiger partial charge on any atom is 0.258 e. The third kappa shape index (κ3) is 10.2. The zero-order chi connectivity index (χ0) is 31.5. The van der Waals surface area contributed by atoms with Crippen molar-refractivity contribution in [2.45, 2.75) is 122 Å². The van der Waals surface area contributed by atoms with Gasteiger partial charge in [-0.1, -0.05) is 45.4 Å². The lowest BCUT2D eigenvalue weighted by Gasteiger charge is -2.36. The van der Waals surface area contributed by atoms with Gasteiger partial charge in [0.25, 0.3) is 5.91 Å². The van der Waals surface area contributed by atoms with Crippen LogP contribution in [0.2, 0.25) is 0 Å². The number of fused-ring (bicyclic) bond motifs is 1. The van der Waals surface area contributed by atoms with E-state index in [9.17, 15) is 14.7 Å². The number of nitrogens with zero attached hydrogens (tertiary/aromatic N) is 2. The monoisotopic (exact) mass is 613 g/mol. The molecule has 2 fully saturated rings. The molecular formula is C36H59N3O5. The van der Waals surface area contributed by atoms with Crippen LogP contribution >= 0.6 is 0 Å². The van der Waals surface area contributed by atoms with Gasteiger partial charge in [-0.3, -0.25) is 9.59 Å². The first-order valence-electron chi connectivity index (χ1n) is 17.6. The van der Waals surface area contributed by atoms with Gasteiger partial charge in [0.1, 0.15) is 5.75 Å². The van der Waals surface area contributed by atoms with Gasteiger partial charge in [-0.25, -0.2) is 0 Å². The van der Waals surface area contributed by atoms with Crippen molar-refractivity contribution in [2.75, 3.05) is 45.2 Å². The van der Waals surface area contributed by atoms with Crippen LogP contribution in [0.1, 0.15) is 115 Å². The topological polar surface area (TPSA) is 91.3 Å². The molecule has 1 aromatic rings. The highest BCUT2D eigenvalue weighted by molar-refractivity contribution is 6.00. The van der Waals surface area contributed by atoms with Crippen LogP contribution in [-0.2, 0) is 9.53 Å². The summed E-state index contributed by atoms with van der Waals surface area (Å²) >= 11 is 0. The number of carbonyl (C=O) groups is 2. The quantitative estimate of drug-likeness (QED) is 0.347. The van der Waals surface area contributed by atoms with Gasteiger partial charge in [0, 0.05) is 43.8 Å². The van der Waals surface area contributed by atoms with E-state index in [4.69, 9.17) is 9.47 Å². The minimum atomic E-state index is -0.385. The Kier molecular flexibility index (Phi) is 13.8. The van der Waals surface area contributed by atoms with Crippen LogP contribution in [0.15, 0.2) is 18.2 Å². The number of likely N-dealkylation sites (N-methyl/N-ethyl adjacent to an activating group) is 1. The van der Waals surface area contributed by atoms with Crippen molar-refractivity contribution < 1.29 is 24.2 Å². The fourth-order valence-corrected chi connectivity index (χ4v) is 7.26. The van der Waals surface area contributed by atoms with E-state index in [0.717, 1.165) is 64.0 Å². The molecule has 248 valence electrons. The van der Waals surface area contributed by atoms with Gasteiger partial charge in [-0.2, -0.15) is 0 Å². The average Bonchev–Trinajstić information content (AvgIpc) is 3.03. The largest absolute Gasteiger partial charge is 0.490 e. The summed E-state index contributed by atoms with van der Waals surface area (Å²) in [7, 11) is 2.20. The second-order valence-electron chi connectivity index (χ2n) is 14.1. The Morgan fingerprint density at radius 1 is 1.00 bits per heavy atom. The van der Waals surface area contributed by atoms with Crippen LogP contribution in [-0.4, -0.2) is 84.9 Å². The summed E-state index contributed by atoms with van der Waals surface area (Å²) in [5.74, 6) is 1.19. The molecule has 1 aromatic carbocycles. The molecular weight excluding hydrogens is 554 g/mol. The van der Waals surface area contributed by atoms with E-state index in [1.54, 1.807) is 11.0 Å². The molecule has 0 unspecified atom stereocenters. The predicted molar refractivity (Wildman–Crippen MR) is 176 cm³/mol. The van der Waals surface area contributed by atoms with Gasteiger partial charge in [-0.15, -0.1) is 0 Å². The van der Waals surface area contributed by atoms with Crippen LogP contribution in [0.4, 0.5) is 5.69 Å². The van der Waals surface area contributed by atoms with Crippen molar-refractivity contribution in [3.8, 4) is 5.75 Å². The summed E-state index contributed by atoms with van der Waals surface area (Å²) in [6.07, 6.45) is 14.5. The molecule has 0 spiro atoms. The van der Waals surface area contributed by atoms with Crippen LogP contribution in [0.25, 0.3) is 0 Å². The van der Waals surface area contributed by atoms with E-state index < -0.39 is 0 Å². The minimum Gasteiger partial charge on any atom is -0.490 e. The fraction of sp³-hybridized carbons (Fsp3) is 0.778. The van der Waals surface area contributed by atoms with Crippen LogP contribution < -0.4 is 10.1 Å². The van der Waals surface area contributed by atoms with Crippen molar-refractivity contribution in [3.05, 3.63) is 23.8 Å². The van der Waals surface area contributed by atoms with Crippen molar-refractivity contribution in [1.82, 2.24) is 9.80 Å². The highest BCUT2D eigenvalue weighted by Crippen LogP contribution is 2.30. The number of hydrogen-bond acceptors (Lipinski definition) is 6.